The fourth-order valence-electron chi connectivity index (χ4n) is 7.14. The average Bonchev–Trinajstić information content (AvgIpc) is 3.94. The first-order valence-electron chi connectivity index (χ1n) is 20.9. The minimum Gasteiger partial charge on any atom is -0.459 e. The molecule has 0 radical (unpaired) electrons. The van der Waals surface area contributed by atoms with Crippen LogP contribution in [0.5, 0.6) is 0 Å². The van der Waals surface area contributed by atoms with E-state index in [1.807, 2.05) is 26.0 Å². The van der Waals surface area contributed by atoms with Crippen molar-refractivity contribution in [1.29, 1.82) is 0 Å². The van der Waals surface area contributed by atoms with Gasteiger partial charge in [-0.1, -0.05) is 51.0 Å². The van der Waals surface area contributed by atoms with Crippen LogP contribution in [-0.4, -0.2) is 114 Å². The third-order valence-electron chi connectivity index (χ3n) is 10.8. The van der Waals surface area contributed by atoms with Gasteiger partial charge < -0.3 is 45.7 Å². The Morgan fingerprint density at radius 1 is 0.932 bits per heavy atom. The number of epoxide rings is 1. The van der Waals surface area contributed by atoms with E-state index in [2.05, 4.69) is 33.7 Å². The van der Waals surface area contributed by atoms with Gasteiger partial charge in [0.1, 0.15) is 36.0 Å². The number of aliphatic hydroxyl groups excluding tert-OH is 1. The quantitative estimate of drug-likeness (QED) is 0.0231. The maximum absolute atomic E-state index is 13.0. The predicted molar refractivity (Wildman–Crippen MR) is 219 cm³/mol. The van der Waals surface area contributed by atoms with E-state index in [4.69, 9.17) is 24.7 Å². The van der Waals surface area contributed by atoms with Gasteiger partial charge in [0, 0.05) is 25.8 Å². The molecule has 59 heavy (non-hydrogen) atoms. The molecule has 0 aliphatic carbocycles. The van der Waals surface area contributed by atoms with Crippen molar-refractivity contribution < 1.29 is 52.8 Å². The Morgan fingerprint density at radius 2 is 1.64 bits per heavy atom. The van der Waals surface area contributed by atoms with E-state index in [-0.39, 0.29) is 61.2 Å². The van der Waals surface area contributed by atoms with Gasteiger partial charge in [0.05, 0.1) is 37.4 Å². The maximum atomic E-state index is 13.0. The number of allylic oxidation sites excluding steroid dienone is 2. The zero-order chi connectivity index (χ0) is 43.9. The van der Waals surface area contributed by atoms with Crippen LogP contribution in [-0.2, 0) is 47.7 Å². The Balaban J connectivity index is 1.46. The fraction of sp³-hybridized carbons (Fsp3) is 0.714. The number of ether oxygens (including phenoxy) is 4. The highest BCUT2D eigenvalue weighted by Gasteiger charge is 2.58. The molecule has 8 N–H and O–H groups in total. The van der Waals surface area contributed by atoms with E-state index in [9.17, 15) is 33.9 Å². The van der Waals surface area contributed by atoms with Gasteiger partial charge in [-0.2, -0.15) is 0 Å². The van der Waals surface area contributed by atoms with Crippen LogP contribution in [0.2, 0.25) is 0 Å². The highest BCUT2D eigenvalue weighted by atomic mass is 16.6. The molecule has 3 saturated heterocycles. The lowest BCUT2D eigenvalue weighted by molar-refractivity contribution is -0.147. The molecule has 11 atom stereocenters. The molecular formula is C42H68N6O11. The Labute approximate surface area is 348 Å². The molecule has 0 aromatic carbocycles. The summed E-state index contributed by atoms with van der Waals surface area (Å²) in [6.07, 6.45) is 9.52. The zero-order valence-electron chi connectivity index (χ0n) is 35.9. The summed E-state index contributed by atoms with van der Waals surface area (Å²) in [6, 6.07) is -2.03. The highest BCUT2D eigenvalue weighted by molar-refractivity contribution is 5.92. The lowest BCUT2D eigenvalue weighted by atomic mass is 9.87. The van der Waals surface area contributed by atoms with Gasteiger partial charge >= 0.3 is 5.97 Å². The molecule has 0 saturated carbocycles. The number of hydrazine groups is 1. The Morgan fingerprint density at radius 3 is 2.29 bits per heavy atom. The molecule has 1 unspecified atom stereocenters. The van der Waals surface area contributed by atoms with Crippen LogP contribution in [0.1, 0.15) is 107 Å². The number of carbonyl (C=O) groups is 6. The monoisotopic (exact) mass is 832 g/mol. The maximum Gasteiger partial charge on any atom is 0.303 e. The largest absolute Gasteiger partial charge is 0.459 e. The number of unbranched alkanes of at least 4 members (excludes halogenated alkanes) is 2. The van der Waals surface area contributed by atoms with E-state index in [1.54, 1.807) is 26.8 Å². The molecule has 332 valence electrons. The molecule has 3 aliphatic rings. The van der Waals surface area contributed by atoms with Crippen molar-refractivity contribution in [3.8, 4) is 0 Å². The van der Waals surface area contributed by atoms with Gasteiger partial charge in [-0.25, -0.2) is 0 Å². The molecule has 3 fully saturated rings. The molecule has 0 aromatic rings. The van der Waals surface area contributed by atoms with Crippen LogP contribution < -0.4 is 32.5 Å². The second-order valence-electron chi connectivity index (χ2n) is 16.5. The molecule has 1 spiro atoms. The normalized spacial score (nSPS) is 28.5. The van der Waals surface area contributed by atoms with Crippen LogP contribution >= 0.6 is 0 Å². The second-order valence-corrected chi connectivity index (χ2v) is 16.5. The molecule has 3 rings (SSSR count). The molecular weight excluding hydrogens is 764 g/mol. The predicted octanol–water partition coefficient (Wildman–Crippen LogP) is 1.67. The average molecular weight is 833 g/mol. The van der Waals surface area contributed by atoms with Crippen molar-refractivity contribution in [2.75, 3.05) is 13.2 Å². The molecule has 5 amide bonds. The van der Waals surface area contributed by atoms with Crippen molar-refractivity contribution in [2.24, 2.45) is 17.6 Å². The number of hydrogen-bond acceptors (Lipinski definition) is 12. The van der Waals surface area contributed by atoms with Gasteiger partial charge in [0.25, 0.3) is 5.91 Å². The number of nitrogens with two attached hydrogens (primary N) is 1. The smallest absolute Gasteiger partial charge is 0.303 e. The minimum atomic E-state index is -1.01. The van der Waals surface area contributed by atoms with Gasteiger partial charge in [-0.15, -0.1) is 0 Å². The number of aliphatic hydroxyl groups is 1. The minimum absolute atomic E-state index is 0.0744. The number of amides is 5. The first-order valence-corrected chi connectivity index (χ1v) is 20.9. The third-order valence-corrected chi connectivity index (χ3v) is 10.8. The van der Waals surface area contributed by atoms with Crippen LogP contribution in [0.4, 0.5) is 0 Å². The highest BCUT2D eigenvalue weighted by Crippen LogP contribution is 2.43. The van der Waals surface area contributed by atoms with E-state index in [0.29, 0.717) is 26.0 Å². The van der Waals surface area contributed by atoms with Crippen LogP contribution in [0.15, 0.2) is 36.0 Å². The zero-order valence-corrected chi connectivity index (χ0v) is 35.9. The summed E-state index contributed by atoms with van der Waals surface area (Å²) in [5.41, 5.74) is 10.3. The lowest BCUT2D eigenvalue weighted by Gasteiger charge is -2.39. The molecule has 0 bridgehead atoms. The summed E-state index contributed by atoms with van der Waals surface area (Å²) in [5, 5.41) is 19.4. The van der Waals surface area contributed by atoms with E-state index < -0.39 is 65.8 Å². The molecule has 3 aliphatic heterocycles. The summed E-state index contributed by atoms with van der Waals surface area (Å²) >= 11 is 0. The summed E-state index contributed by atoms with van der Waals surface area (Å²) in [6.45, 7) is 14.9. The standard InChI is InChI=1S/C42H68N6O11/c1-24(2)38(46-35(50)12-10-9-11-19-43)41(55)44-28(6)40(54)48-47-37(52)21-31-22-42(23-56-42)39(53)34(59-31)17-14-25(3)13-16-33-26(4)20-32(29(7)58-33)45-36(51)18-15-27(5)57-30(8)49/h13-15,17-18,24,26-29,31-34,38-39,53H,9-12,16,19-23,43H2,1-8H3,(H,44,55)(H,45,51)(H,46,50)(H,47,52)(H,48,54)/t26-,27?,28-,29+,31+,32+,33-,34+,38-,39+,42+/m0/s1. The van der Waals surface area contributed by atoms with Crippen LogP contribution in [0.25, 0.3) is 0 Å². The third kappa shape index (κ3) is 16.4. The molecule has 0 aromatic heterocycles. The second kappa shape index (κ2) is 23.6. The summed E-state index contributed by atoms with van der Waals surface area (Å²) in [7, 11) is 0. The number of rotatable bonds is 20. The van der Waals surface area contributed by atoms with Crippen molar-refractivity contribution >= 4 is 35.5 Å². The topological polar surface area (TPSA) is 249 Å². The van der Waals surface area contributed by atoms with Gasteiger partial charge in [-0.3, -0.25) is 39.6 Å². The summed E-state index contributed by atoms with van der Waals surface area (Å²) < 4.78 is 23.1. The number of hydrogen-bond donors (Lipinski definition) is 7. The number of nitrogens with one attached hydrogen (secondary N) is 5. The molecule has 17 nitrogen and oxygen atoms in total. The van der Waals surface area contributed by atoms with E-state index >= 15 is 0 Å². The first kappa shape index (κ1) is 49.2. The Hall–Kier alpha value is -4.16. The number of esters is 1. The van der Waals surface area contributed by atoms with E-state index in [1.165, 1.54) is 26.0 Å². The Bertz CT molecular complexity index is 1550. The van der Waals surface area contributed by atoms with Crippen LogP contribution in [0, 0.1) is 11.8 Å². The van der Waals surface area contributed by atoms with Gasteiger partial charge in [0.15, 0.2) is 0 Å². The van der Waals surface area contributed by atoms with Crippen molar-refractivity contribution in [2.45, 2.75) is 167 Å². The SMILES string of the molecule is CC(=O)OC(C)C=CC(=O)N[C@@H]1C[C@H](C)[C@H](CC=C(C)C=C[C@H]2O[C@H](CC(=O)NNC(=O)[C@H](C)NC(=O)[C@@H](NC(=O)CCCCCN)C(C)C)C[C@@]3(CO3)[C@@H]2O)O[C@@H]1C. The molecule has 3 heterocycles. The van der Waals surface area contributed by atoms with Gasteiger partial charge in [-0.05, 0) is 77.8 Å². The Kier molecular flexibility index (Phi) is 19.7. The van der Waals surface area contributed by atoms with Crippen molar-refractivity contribution in [1.82, 2.24) is 26.8 Å². The first-order chi connectivity index (χ1) is 27.8. The fourth-order valence-corrected chi connectivity index (χ4v) is 7.14. The summed E-state index contributed by atoms with van der Waals surface area (Å²) in [5.74, 6) is -2.73. The number of carbonyl (C=O) groups excluding carboxylic acids is 6. The van der Waals surface area contributed by atoms with Crippen molar-refractivity contribution in [3.05, 3.63) is 36.0 Å². The van der Waals surface area contributed by atoms with Crippen molar-refractivity contribution in [3.63, 3.8) is 0 Å². The lowest BCUT2D eigenvalue weighted by Crippen LogP contribution is -2.56. The van der Waals surface area contributed by atoms with Gasteiger partial charge in [0.2, 0.25) is 23.6 Å². The van der Waals surface area contributed by atoms with E-state index in [0.717, 1.165) is 24.8 Å². The summed E-state index contributed by atoms with van der Waals surface area (Å²) in [4.78, 5) is 74.6. The molecule has 17 heteroatoms. The van der Waals surface area contributed by atoms with Crippen LogP contribution in [0.3, 0.4) is 0 Å².